The predicted octanol–water partition coefficient (Wildman–Crippen LogP) is 3.71. The van der Waals surface area contributed by atoms with Gasteiger partial charge in [0.2, 0.25) is 0 Å². The molecule has 0 fully saturated rings. The highest BCUT2D eigenvalue weighted by molar-refractivity contribution is 7.99. The van der Waals surface area contributed by atoms with Gasteiger partial charge in [-0.05, 0) is 24.6 Å². The molecule has 0 saturated heterocycles. The highest BCUT2D eigenvalue weighted by atomic mass is 32.2. The van der Waals surface area contributed by atoms with Crippen molar-refractivity contribution in [2.45, 2.75) is 29.7 Å². The first-order valence-electron chi connectivity index (χ1n) is 4.99. The normalized spacial score (nSPS) is 13.8. The van der Waals surface area contributed by atoms with Gasteiger partial charge in [0.05, 0.1) is 5.56 Å². The molecule has 96 valence electrons. The molecule has 1 N–H and O–H groups in total. The quantitative estimate of drug-likeness (QED) is 0.663. The summed E-state index contributed by atoms with van der Waals surface area (Å²) in [6.07, 6.45) is -4.06. The standard InChI is InChI=1S/C11H12F4OS/c1-7(4-5-16)17-10-3-2-8(6-9(10)12)11(13,14)15/h2-3,6-7,16H,4-5H2,1H3. The van der Waals surface area contributed by atoms with Crippen LogP contribution in [-0.4, -0.2) is 17.0 Å². The molecule has 0 aromatic heterocycles. The number of halogens is 4. The molecule has 0 amide bonds. The van der Waals surface area contributed by atoms with Gasteiger partial charge >= 0.3 is 6.18 Å². The van der Waals surface area contributed by atoms with Crippen molar-refractivity contribution in [2.75, 3.05) is 6.61 Å². The van der Waals surface area contributed by atoms with Crippen LogP contribution in [-0.2, 0) is 6.18 Å². The minimum atomic E-state index is -4.53. The van der Waals surface area contributed by atoms with Gasteiger partial charge in [-0.25, -0.2) is 4.39 Å². The average molecular weight is 268 g/mol. The van der Waals surface area contributed by atoms with Crippen LogP contribution in [0, 0.1) is 5.82 Å². The lowest BCUT2D eigenvalue weighted by Crippen LogP contribution is -2.06. The van der Waals surface area contributed by atoms with E-state index in [-0.39, 0.29) is 16.8 Å². The molecular formula is C11H12F4OS. The Kier molecular flexibility index (Phi) is 4.82. The SMILES string of the molecule is CC(CCO)Sc1ccc(C(F)(F)F)cc1F. The van der Waals surface area contributed by atoms with Crippen LogP contribution in [0.2, 0.25) is 0 Å². The van der Waals surface area contributed by atoms with Gasteiger partial charge in [-0.15, -0.1) is 11.8 Å². The van der Waals surface area contributed by atoms with Crippen molar-refractivity contribution in [2.24, 2.45) is 0 Å². The van der Waals surface area contributed by atoms with Crippen molar-refractivity contribution in [1.29, 1.82) is 0 Å². The van der Waals surface area contributed by atoms with Crippen molar-refractivity contribution in [3.8, 4) is 0 Å². The second-order valence-electron chi connectivity index (χ2n) is 3.58. The molecule has 1 unspecified atom stereocenters. The van der Waals surface area contributed by atoms with Crippen LogP contribution in [0.3, 0.4) is 0 Å². The van der Waals surface area contributed by atoms with E-state index in [4.69, 9.17) is 5.11 Å². The van der Waals surface area contributed by atoms with E-state index < -0.39 is 17.6 Å². The highest BCUT2D eigenvalue weighted by Gasteiger charge is 2.31. The highest BCUT2D eigenvalue weighted by Crippen LogP contribution is 2.34. The first-order valence-corrected chi connectivity index (χ1v) is 5.87. The first kappa shape index (κ1) is 14.3. The van der Waals surface area contributed by atoms with Crippen molar-refractivity contribution >= 4 is 11.8 Å². The van der Waals surface area contributed by atoms with Gasteiger partial charge in [-0.2, -0.15) is 13.2 Å². The molecule has 0 saturated carbocycles. The monoisotopic (exact) mass is 268 g/mol. The molecule has 17 heavy (non-hydrogen) atoms. The van der Waals surface area contributed by atoms with E-state index in [9.17, 15) is 17.6 Å². The van der Waals surface area contributed by atoms with E-state index in [0.29, 0.717) is 12.5 Å². The fourth-order valence-electron chi connectivity index (χ4n) is 1.23. The fourth-order valence-corrected chi connectivity index (χ4v) is 2.21. The Hall–Kier alpha value is -0.750. The summed E-state index contributed by atoms with van der Waals surface area (Å²) in [5.41, 5.74) is -0.992. The topological polar surface area (TPSA) is 20.2 Å². The van der Waals surface area contributed by atoms with Crippen LogP contribution in [0.1, 0.15) is 18.9 Å². The lowest BCUT2D eigenvalue weighted by atomic mass is 10.2. The van der Waals surface area contributed by atoms with E-state index in [1.165, 1.54) is 0 Å². The van der Waals surface area contributed by atoms with E-state index >= 15 is 0 Å². The fraction of sp³-hybridized carbons (Fsp3) is 0.455. The maximum atomic E-state index is 13.4. The second-order valence-corrected chi connectivity index (χ2v) is 5.06. The summed E-state index contributed by atoms with van der Waals surface area (Å²) in [5, 5.41) is 8.63. The third kappa shape index (κ3) is 4.20. The summed E-state index contributed by atoms with van der Waals surface area (Å²) < 4.78 is 50.2. The molecule has 1 aromatic rings. The summed E-state index contributed by atoms with van der Waals surface area (Å²) in [6, 6.07) is 2.47. The summed E-state index contributed by atoms with van der Waals surface area (Å²) >= 11 is 1.11. The molecule has 1 rings (SSSR count). The van der Waals surface area contributed by atoms with Crippen LogP contribution in [0.15, 0.2) is 23.1 Å². The lowest BCUT2D eigenvalue weighted by Gasteiger charge is -2.12. The molecule has 0 bridgehead atoms. The third-order valence-electron chi connectivity index (χ3n) is 2.12. The molecule has 0 aliphatic carbocycles. The summed E-state index contributed by atoms with van der Waals surface area (Å²) in [5.74, 6) is -0.880. The zero-order chi connectivity index (χ0) is 13.1. The Labute approximate surface area is 101 Å². The Bertz CT molecular complexity index is 378. The summed E-state index contributed by atoms with van der Waals surface area (Å²) in [7, 11) is 0. The van der Waals surface area contributed by atoms with Crippen LogP contribution < -0.4 is 0 Å². The number of alkyl halides is 3. The zero-order valence-corrected chi connectivity index (χ0v) is 9.91. The number of thioether (sulfide) groups is 1. The number of aliphatic hydroxyl groups excluding tert-OH is 1. The number of hydrogen-bond acceptors (Lipinski definition) is 2. The second kappa shape index (κ2) is 5.73. The molecule has 0 heterocycles. The van der Waals surface area contributed by atoms with Crippen molar-refractivity contribution in [1.82, 2.24) is 0 Å². The van der Waals surface area contributed by atoms with E-state index in [1.54, 1.807) is 6.92 Å². The maximum absolute atomic E-state index is 13.4. The number of benzene rings is 1. The molecule has 0 aliphatic rings. The van der Waals surface area contributed by atoms with E-state index in [1.807, 2.05) is 0 Å². The Balaban J connectivity index is 2.83. The first-order chi connectivity index (χ1) is 7.84. The molecule has 0 spiro atoms. The van der Waals surface area contributed by atoms with Crippen LogP contribution in [0.4, 0.5) is 17.6 Å². The molecule has 1 aromatic carbocycles. The minimum absolute atomic E-state index is 0.0313. The predicted molar refractivity (Wildman–Crippen MR) is 58.4 cm³/mol. The van der Waals surface area contributed by atoms with Gasteiger partial charge < -0.3 is 5.11 Å². The van der Waals surface area contributed by atoms with Gasteiger partial charge in [0.15, 0.2) is 0 Å². The molecule has 0 aliphatic heterocycles. The number of hydrogen-bond donors (Lipinski definition) is 1. The minimum Gasteiger partial charge on any atom is -0.396 e. The molecule has 1 atom stereocenters. The van der Waals surface area contributed by atoms with E-state index in [2.05, 4.69) is 0 Å². The molecule has 0 radical (unpaired) electrons. The Morgan fingerprint density at radius 3 is 2.47 bits per heavy atom. The van der Waals surface area contributed by atoms with E-state index in [0.717, 1.165) is 23.9 Å². The van der Waals surface area contributed by atoms with Crippen LogP contribution in [0.5, 0.6) is 0 Å². The molecule has 1 nitrogen and oxygen atoms in total. The number of rotatable bonds is 4. The molecule has 6 heteroatoms. The lowest BCUT2D eigenvalue weighted by molar-refractivity contribution is -0.137. The van der Waals surface area contributed by atoms with Crippen molar-refractivity contribution in [3.05, 3.63) is 29.6 Å². The van der Waals surface area contributed by atoms with Gasteiger partial charge in [0.25, 0.3) is 0 Å². The van der Waals surface area contributed by atoms with Crippen LogP contribution >= 0.6 is 11.8 Å². The molecular weight excluding hydrogens is 256 g/mol. The smallest absolute Gasteiger partial charge is 0.396 e. The summed E-state index contributed by atoms with van der Waals surface area (Å²) in [6.45, 7) is 1.74. The van der Waals surface area contributed by atoms with Crippen LogP contribution in [0.25, 0.3) is 0 Å². The largest absolute Gasteiger partial charge is 0.416 e. The maximum Gasteiger partial charge on any atom is 0.416 e. The van der Waals surface area contributed by atoms with Gasteiger partial charge in [-0.3, -0.25) is 0 Å². The third-order valence-corrected chi connectivity index (χ3v) is 3.35. The zero-order valence-electron chi connectivity index (χ0n) is 9.09. The average Bonchev–Trinajstić information content (AvgIpc) is 2.20. The van der Waals surface area contributed by atoms with Gasteiger partial charge in [0, 0.05) is 16.8 Å². The van der Waals surface area contributed by atoms with Gasteiger partial charge in [-0.1, -0.05) is 6.92 Å². The summed E-state index contributed by atoms with van der Waals surface area (Å²) in [4.78, 5) is 0.166. The van der Waals surface area contributed by atoms with Crippen molar-refractivity contribution in [3.63, 3.8) is 0 Å². The number of aliphatic hydroxyl groups is 1. The van der Waals surface area contributed by atoms with Gasteiger partial charge in [0.1, 0.15) is 5.82 Å². The van der Waals surface area contributed by atoms with Crippen molar-refractivity contribution < 1.29 is 22.7 Å². The Morgan fingerprint density at radius 1 is 1.35 bits per heavy atom. The Morgan fingerprint density at radius 2 is 2.00 bits per heavy atom.